The van der Waals surface area contributed by atoms with E-state index in [-0.39, 0.29) is 5.82 Å². The Balaban J connectivity index is 1.56. The lowest BCUT2D eigenvalue weighted by molar-refractivity contribution is -0.0329. The molecule has 2 fully saturated rings. The highest BCUT2D eigenvalue weighted by Crippen LogP contribution is 2.39. The maximum absolute atomic E-state index is 13.2. The third-order valence-corrected chi connectivity index (χ3v) is 5.13. The molecule has 0 atom stereocenters. The molecule has 1 aromatic carbocycles. The van der Waals surface area contributed by atoms with Crippen LogP contribution < -0.4 is 0 Å². The van der Waals surface area contributed by atoms with Crippen LogP contribution in [0.3, 0.4) is 0 Å². The van der Waals surface area contributed by atoms with Gasteiger partial charge in [-0.1, -0.05) is 6.07 Å². The van der Waals surface area contributed by atoms with Crippen molar-refractivity contribution in [3.63, 3.8) is 0 Å². The predicted octanol–water partition coefficient (Wildman–Crippen LogP) is 3.12. The monoisotopic (exact) mass is 326 g/mol. The zero-order valence-electron chi connectivity index (χ0n) is 11.3. The van der Waals surface area contributed by atoms with E-state index in [1.54, 1.807) is 6.07 Å². The van der Waals surface area contributed by atoms with Gasteiger partial charge in [0.1, 0.15) is 5.82 Å². The Hall–Kier alpha value is -0.450. The fourth-order valence-electron chi connectivity index (χ4n) is 3.50. The fraction of sp³-hybridized carbons (Fsp3) is 0.600. The summed E-state index contributed by atoms with van der Waals surface area (Å²) < 4.78 is 13.8. The minimum Gasteiger partial charge on any atom is -0.305 e. The molecule has 0 N–H and O–H groups in total. The van der Waals surface area contributed by atoms with Crippen LogP contribution in [0.2, 0.25) is 0 Å². The molecule has 4 heteroatoms. The van der Waals surface area contributed by atoms with Gasteiger partial charge in [0.2, 0.25) is 0 Å². The van der Waals surface area contributed by atoms with Gasteiger partial charge in [-0.15, -0.1) is 0 Å². The summed E-state index contributed by atoms with van der Waals surface area (Å²) in [4.78, 5) is 4.90. The molecule has 0 bridgehead atoms. The molecule has 2 nitrogen and oxygen atoms in total. The average molecular weight is 327 g/mol. The molecular formula is C15H20BrFN2. The Morgan fingerprint density at radius 3 is 2.53 bits per heavy atom. The van der Waals surface area contributed by atoms with E-state index in [0.717, 1.165) is 6.54 Å². The highest BCUT2D eigenvalue weighted by Gasteiger charge is 2.42. The second kappa shape index (κ2) is 5.15. The molecule has 0 radical (unpaired) electrons. The molecule has 19 heavy (non-hydrogen) atoms. The molecule has 2 aliphatic rings. The Bertz CT molecular complexity index is 461. The van der Waals surface area contributed by atoms with Crippen molar-refractivity contribution >= 4 is 15.9 Å². The van der Waals surface area contributed by atoms with Crippen LogP contribution in [0.25, 0.3) is 0 Å². The maximum Gasteiger partial charge on any atom is 0.137 e. The van der Waals surface area contributed by atoms with Gasteiger partial charge in [0.25, 0.3) is 0 Å². The highest BCUT2D eigenvalue weighted by molar-refractivity contribution is 9.10. The van der Waals surface area contributed by atoms with E-state index in [4.69, 9.17) is 0 Å². The van der Waals surface area contributed by atoms with E-state index in [1.165, 1.54) is 44.6 Å². The molecule has 3 rings (SSSR count). The second-order valence-electron chi connectivity index (χ2n) is 6.20. The van der Waals surface area contributed by atoms with E-state index in [1.807, 2.05) is 12.1 Å². The molecule has 0 aromatic heterocycles. The quantitative estimate of drug-likeness (QED) is 0.824. The first kappa shape index (κ1) is 13.5. The smallest absolute Gasteiger partial charge is 0.137 e. The summed E-state index contributed by atoms with van der Waals surface area (Å²) in [5.74, 6) is -0.182. The van der Waals surface area contributed by atoms with Crippen LogP contribution in [0, 0.1) is 11.2 Å². The Kier molecular flexibility index (Phi) is 3.67. The lowest BCUT2D eigenvalue weighted by Gasteiger charge is -2.53. The third kappa shape index (κ3) is 2.86. The molecule has 104 valence electrons. The first-order chi connectivity index (χ1) is 9.06. The number of rotatable bonds is 2. The number of hydrogen-bond acceptors (Lipinski definition) is 2. The zero-order valence-corrected chi connectivity index (χ0v) is 12.9. The summed E-state index contributed by atoms with van der Waals surface area (Å²) in [6.07, 6.45) is 2.61. The van der Waals surface area contributed by atoms with Crippen molar-refractivity contribution in [3.8, 4) is 0 Å². The van der Waals surface area contributed by atoms with Gasteiger partial charge >= 0.3 is 0 Å². The van der Waals surface area contributed by atoms with Crippen molar-refractivity contribution in [1.82, 2.24) is 9.80 Å². The number of likely N-dealkylation sites (tertiary alicyclic amines) is 2. The van der Waals surface area contributed by atoms with E-state index in [0.29, 0.717) is 9.89 Å². The van der Waals surface area contributed by atoms with E-state index >= 15 is 0 Å². The van der Waals surface area contributed by atoms with Gasteiger partial charge in [0, 0.05) is 19.6 Å². The topological polar surface area (TPSA) is 6.48 Å². The highest BCUT2D eigenvalue weighted by atomic mass is 79.9. The Labute approximate surface area is 122 Å². The van der Waals surface area contributed by atoms with E-state index in [2.05, 4.69) is 32.8 Å². The Morgan fingerprint density at radius 1 is 1.26 bits per heavy atom. The zero-order chi connectivity index (χ0) is 13.5. The lowest BCUT2D eigenvalue weighted by Crippen LogP contribution is -2.58. The molecule has 0 saturated carbocycles. The summed E-state index contributed by atoms with van der Waals surface area (Å²) in [5.41, 5.74) is 1.80. The largest absolute Gasteiger partial charge is 0.305 e. The van der Waals surface area contributed by atoms with E-state index < -0.39 is 0 Å². The summed E-state index contributed by atoms with van der Waals surface area (Å²) in [7, 11) is 2.20. The molecule has 2 heterocycles. The van der Waals surface area contributed by atoms with Crippen LogP contribution in [0.5, 0.6) is 0 Å². The third-order valence-electron chi connectivity index (χ3n) is 4.52. The summed E-state index contributed by atoms with van der Waals surface area (Å²) in [5, 5.41) is 0. The van der Waals surface area contributed by atoms with Gasteiger partial charge in [-0.25, -0.2) is 4.39 Å². The van der Waals surface area contributed by atoms with Crippen LogP contribution in [-0.4, -0.2) is 43.0 Å². The van der Waals surface area contributed by atoms with Crippen molar-refractivity contribution in [2.24, 2.45) is 5.41 Å². The molecule has 0 unspecified atom stereocenters. The van der Waals surface area contributed by atoms with Crippen LogP contribution in [-0.2, 0) is 6.54 Å². The van der Waals surface area contributed by atoms with Crippen molar-refractivity contribution < 1.29 is 4.39 Å². The van der Waals surface area contributed by atoms with Crippen molar-refractivity contribution in [3.05, 3.63) is 34.1 Å². The number of nitrogens with zero attached hydrogens (tertiary/aromatic N) is 2. The van der Waals surface area contributed by atoms with Crippen LogP contribution in [0.4, 0.5) is 4.39 Å². The number of piperidine rings is 1. The fourth-order valence-corrected chi connectivity index (χ4v) is 3.92. The molecule has 0 aliphatic carbocycles. The van der Waals surface area contributed by atoms with Gasteiger partial charge in [-0.3, -0.25) is 4.90 Å². The van der Waals surface area contributed by atoms with Crippen molar-refractivity contribution in [2.75, 3.05) is 33.2 Å². The minimum atomic E-state index is -0.182. The van der Waals surface area contributed by atoms with Gasteiger partial charge in [-0.05, 0) is 72.0 Å². The van der Waals surface area contributed by atoms with Gasteiger partial charge in [-0.2, -0.15) is 0 Å². The molecule has 0 amide bonds. The molecular weight excluding hydrogens is 307 g/mol. The van der Waals surface area contributed by atoms with Crippen molar-refractivity contribution in [2.45, 2.75) is 19.4 Å². The molecule has 2 saturated heterocycles. The average Bonchev–Trinajstić information content (AvgIpc) is 2.35. The predicted molar refractivity (Wildman–Crippen MR) is 78.5 cm³/mol. The van der Waals surface area contributed by atoms with Gasteiger partial charge in [0.05, 0.1) is 4.47 Å². The second-order valence-corrected chi connectivity index (χ2v) is 7.05. The van der Waals surface area contributed by atoms with Crippen LogP contribution in [0.15, 0.2) is 22.7 Å². The SMILES string of the molecule is CN1CC2(CCN(Cc3ccc(F)c(Br)c3)CC2)C1. The first-order valence-electron chi connectivity index (χ1n) is 6.91. The van der Waals surface area contributed by atoms with E-state index in [9.17, 15) is 4.39 Å². The number of hydrogen-bond donors (Lipinski definition) is 0. The normalized spacial score (nSPS) is 23.5. The van der Waals surface area contributed by atoms with Crippen LogP contribution >= 0.6 is 15.9 Å². The number of halogens is 2. The van der Waals surface area contributed by atoms with Gasteiger partial charge in [0.15, 0.2) is 0 Å². The Morgan fingerprint density at radius 2 is 1.95 bits per heavy atom. The standard InChI is InChI=1S/C15H20BrFN2/c1-18-10-15(11-18)4-6-19(7-5-15)9-12-2-3-14(17)13(16)8-12/h2-3,8H,4-7,9-11H2,1H3. The maximum atomic E-state index is 13.2. The molecule has 2 aliphatic heterocycles. The summed E-state index contributed by atoms with van der Waals surface area (Å²) >= 11 is 3.26. The molecule has 1 spiro atoms. The lowest BCUT2D eigenvalue weighted by atomic mass is 9.72. The first-order valence-corrected chi connectivity index (χ1v) is 7.71. The minimum absolute atomic E-state index is 0.182. The van der Waals surface area contributed by atoms with Crippen molar-refractivity contribution in [1.29, 1.82) is 0 Å². The van der Waals surface area contributed by atoms with Gasteiger partial charge < -0.3 is 4.90 Å². The molecule has 1 aromatic rings. The van der Waals surface area contributed by atoms with Crippen LogP contribution in [0.1, 0.15) is 18.4 Å². The number of benzene rings is 1. The summed E-state index contributed by atoms with van der Waals surface area (Å²) in [6, 6.07) is 5.34. The summed E-state index contributed by atoms with van der Waals surface area (Å²) in [6.45, 7) is 5.81.